The number of carbonyl (C=O) groups excluding carboxylic acids is 2. The first kappa shape index (κ1) is 19.6. The van der Waals surface area contributed by atoms with Gasteiger partial charge in [0.25, 0.3) is 11.1 Å². The van der Waals surface area contributed by atoms with E-state index in [9.17, 15) is 22.8 Å². The number of nitrogens with one attached hydrogen (secondary N) is 1. The van der Waals surface area contributed by atoms with Crippen LogP contribution in [0.15, 0.2) is 23.1 Å². The van der Waals surface area contributed by atoms with Gasteiger partial charge in [-0.3, -0.25) is 14.9 Å². The molecule has 0 radical (unpaired) electrons. The van der Waals surface area contributed by atoms with E-state index < -0.39 is 22.9 Å². The lowest BCUT2D eigenvalue weighted by Crippen LogP contribution is -2.26. The molecule has 10 heteroatoms. The summed E-state index contributed by atoms with van der Waals surface area (Å²) in [4.78, 5) is 24.9. The molecule has 2 fully saturated rings. The van der Waals surface area contributed by atoms with Gasteiger partial charge in [-0.2, -0.15) is 13.2 Å². The van der Waals surface area contributed by atoms with E-state index in [0.717, 1.165) is 18.6 Å². The lowest BCUT2D eigenvalue weighted by molar-refractivity contribution is -0.137. The van der Waals surface area contributed by atoms with Gasteiger partial charge in [0.2, 0.25) is 0 Å². The monoisotopic (exact) mass is 393 g/mol. The number of nitrogens with zero attached hydrogens (tertiary/aromatic N) is 1. The molecule has 2 amide bonds. The zero-order chi connectivity index (χ0) is 17.5. The number of imide groups is 1. The van der Waals surface area contributed by atoms with Gasteiger partial charge < -0.3 is 10.6 Å². The average Bonchev–Trinajstić information content (AvgIpc) is 3.04. The Kier molecular flexibility index (Phi) is 5.70. The number of thioether (sulfide) groups is 1. The summed E-state index contributed by atoms with van der Waals surface area (Å²) in [5.74, 6) is -0.605. The molecule has 5 nitrogen and oxygen atoms in total. The largest absolute Gasteiger partial charge is 0.416 e. The summed E-state index contributed by atoms with van der Waals surface area (Å²) in [6.07, 6.45) is -2.43. The number of alkyl halides is 3. The van der Waals surface area contributed by atoms with Gasteiger partial charge in [-0.15, -0.1) is 12.4 Å². The summed E-state index contributed by atoms with van der Waals surface area (Å²) in [7, 11) is 0. The highest BCUT2D eigenvalue weighted by molar-refractivity contribution is 8.18. The minimum atomic E-state index is -4.49. The minimum Gasteiger partial charge on any atom is -0.369 e. The van der Waals surface area contributed by atoms with E-state index in [1.54, 1.807) is 0 Å². The predicted octanol–water partition coefficient (Wildman–Crippen LogP) is 2.99. The molecule has 2 heterocycles. The fourth-order valence-corrected chi connectivity index (χ4v) is 3.38. The maximum absolute atomic E-state index is 13.0. The Morgan fingerprint density at radius 1 is 1.32 bits per heavy atom. The molecule has 25 heavy (non-hydrogen) atoms. The maximum atomic E-state index is 13.0. The summed E-state index contributed by atoms with van der Waals surface area (Å²) in [5, 5.41) is 1.55. The van der Waals surface area contributed by atoms with Crippen molar-refractivity contribution >= 4 is 47.1 Å². The van der Waals surface area contributed by atoms with Crippen LogP contribution < -0.4 is 16.0 Å². The Bertz CT molecular complexity index is 739. The molecule has 0 aromatic heterocycles. The van der Waals surface area contributed by atoms with Crippen molar-refractivity contribution < 1.29 is 22.8 Å². The number of carbonyl (C=O) groups is 2. The van der Waals surface area contributed by atoms with E-state index in [0.29, 0.717) is 30.5 Å². The molecule has 0 saturated carbocycles. The Balaban J connectivity index is 0.00000225. The lowest BCUT2D eigenvalue weighted by atomic mass is 10.1. The fourth-order valence-electron chi connectivity index (χ4n) is 2.70. The van der Waals surface area contributed by atoms with Crippen molar-refractivity contribution in [3.63, 3.8) is 0 Å². The first-order valence-electron chi connectivity index (χ1n) is 7.20. The van der Waals surface area contributed by atoms with E-state index >= 15 is 0 Å². The molecular weight excluding hydrogens is 379 g/mol. The van der Waals surface area contributed by atoms with Gasteiger partial charge in [0.1, 0.15) is 0 Å². The van der Waals surface area contributed by atoms with Crippen LogP contribution in [0.2, 0.25) is 0 Å². The van der Waals surface area contributed by atoms with Crippen molar-refractivity contribution in [1.29, 1.82) is 0 Å². The van der Waals surface area contributed by atoms with Crippen LogP contribution in [0.25, 0.3) is 6.08 Å². The molecule has 1 atom stereocenters. The number of hydrogen-bond donors (Lipinski definition) is 2. The fraction of sp³-hybridized carbons (Fsp3) is 0.333. The normalized spacial score (nSPS) is 22.3. The number of amides is 2. The SMILES string of the molecule is Cl.N[C@H]1CCN(c2ccc(C(F)(F)F)cc2C=C2SC(=O)NC2=O)C1. The lowest BCUT2D eigenvalue weighted by Gasteiger charge is -2.22. The van der Waals surface area contributed by atoms with Crippen molar-refractivity contribution in [3.05, 3.63) is 34.2 Å². The van der Waals surface area contributed by atoms with Crippen LogP contribution in [0.1, 0.15) is 17.5 Å². The van der Waals surface area contributed by atoms with E-state index in [2.05, 4.69) is 5.32 Å². The van der Waals surface area contributed by atoms with Crippen LogP contribution in [0.4, 0.5) is 23.7 Å². The Hall–Kier alpha value is -1.71. The summed E-state index contributed by atoms with van der Waals surface area (Å²) in [6, 6.07) is 3.34. The number of rotatable bonds is 2. The highest BCUT2D eigenvalue weighted by Gasteiger charge is 2.32. The van der Waals surface area contributed by atoms with Crippen molar-refractivity contribution in [2.75, 3.05) is 18.0 Å². The number of benzene rings is 1. The second-order valence-corrected chi connectivity index (χ2v) is 6.63. The zero-order valence-electron chi connectivity index (χ0n) is 12.8. The van der Waals surface area contributed by atoms with Crippen LogP contribution in [0.5, 0.6) is 0 Å². The Morgan fingerprint density at radius 3 is 2.56 bits per heavy atom. The Morgan fingerprint density at radius 2 is 2.04 bits per heavy atom. The first-order valence-corrected chi connectivity index (χ1v) is 8.02. The zero-order valence-corrected chi connectivity index (χ0v) is 14.4. The molecule has 3 rings (SSSR count). The summed E-state index contributed by atoms with van der Waals surface area (Å²) in [5.41, 5.74) is 5.86. The summed E-state index contributed by atoms with van der Waals surface area (Å²) < 4.78 is 39.0. The molecule has 0 unspecified atom stereocenters. The number of nitrogens with two attached hydrogens (primary N) is 1. The quantitative estimate of drug-likeness (QED) is 0.755. The summed E-state index contributed by atoms with van der Waals surface area (Å²) in [6.45, 7) is 1.15. The van der Waals surface area contributed by atoms with E-state index in [-0.39, 0.29) is 28.9 Å². The highest BCUT2D eigenvalue weighted by Crippen LogP contribution is 2.36. The third kappa shape index (κ3) is 4.28. The predicted molar refractivity (Wildman–Crippen MR) is 92.6 cm³/mol. The van der Waals surface area contributed by atoms with Crippen LogP contribution >= 0.6 is 24.2 Å². The van der Waals surface area contributed by atoms with E-state index in [1.165, 1.54) is 12.1 Å². The van der Waals surface area contributed by atoms with Gasteiger partial charge >= 0.3 is 6.18 Å². The number of anilines is 1. The van der Waals surface area contributed by atoms with Crippen LogP contribution in [0, 0.1) is 0 Å². The van der Waals surface area contributed by atoms with Crippen molar-refractivity contribution in [2.24, 2.45) is 5.73 Å². The van der Waals surface area contributed by atoms with Crippen molar-refractivity contribution in [1.82, 2.24) is 5.32 Å². The van der Waals surface area contributed by atoms with Gasteiger partial charge in [0.05, 0.1) is 10.5 Å². The standard InChI is InChI=1S/C15H14F3N3O2S.ClH/c16-15(17,18)9-1-2-11(21-4-3-10(19)7-21)8(5-9)6-12-13(22)20-14(23)24-12;/h1-2,5-6,10H,3-4,7,19H2,(H,20,22,23);1H/t10-;/m0./s1. The van der Waals surface area contributed by atoms with Gasteiger partial charge in [0, 0.05) is 24.8 Å². The molecule has 0 aliphatic carbocycles. The average molecular weight is 394 g/mol. The van der Waals surface area contributed by atoms with Crippen LogP contribution in [0.3, 0.4) is 0 Å². The van der Waals surface area contributed by atoms with E-state index in [4.69, 9.17) is 5.73 Å². The molecule has 2 aliphatic rings. The van der Waals surface area contributed by atoms with Gasteiger partial charge in [-0.25, -0.2) is 0 Å². The first-order chi connectivity index (χ1) is 11.2. The number of halogens is 4. The molecule has 2 saturated heterocycles. The van der Waals surface area contributed by atoms with Crippen molar-refractivity contribution in [3.8, 4) is 0 Å². The molecule has 136 valence electrons. The smallest absolute Gasteiger partial charge is 0.369 e. The third-order valence-corrected chi connectivity index (χ3v) is 4.66. The molecule has 1 aromatic rings. The van der Waals surface area contributed by atoms with Crippen LogP contribution in [-0.4, -0.2) is 30.3 Å². The third-order valence-electron chi connectivity index (χ3n) is 3.85. The molecule has 0 spiro atoms. The topological polar surface area (TPSA) is 75.4 Å². The molecule has 2 aliphatic heterocycles. The summed E-state index contributed by atoms with van der Waals surface area (Å²) >= 11 is 0.671. The number of hydrogen-bond acceptors (Lipinski definition) is 5. The van der Waals surface area contributed by atoms with Crippen LogP contribution in [-0.2, 0) is 11.0 Å². The second-order valence-electron chi connectivity index (χ2n) is 5.62. The maximum Gasteiger partial charge on any atom is 0.416 e. The second kappa shape index (κ2) is 7.27. The minimum absolute atomic E-state index is 0. The van der Waals surface area contributed by atoms with Gasteiger partial charge in [-0.1, -0.05) is 0 Å². The van der Waals surface area contributed by atoms with Gasteiger partial charge in [-0.05, 0) is 48.0 Å². The molecule has 1 aromatic carbocycles. The molecule has 0 bridgehead atoms. The molecule has 3 N–H and O–H groups in total. The Labute approximate surface area is 152 Å². The molecular formula is C15H15ClF3N3O2S. The van der Waals surface area contributed by atoms with Crippen molar-refractivity contribution in [2.45, 2.75) is 18.6 Å². The van der Waals surface area contributed by atoms with E-state index in [1.807, 2.05) is 4.90 Å². The highest BCUT2D eigenvalue weighted by atomic mass is 35.5. The van der Waals surface area contributed by atoms with Gasteiger partial charge in [0.15, 0.2) is 0 Å².